The zero-order valence-electron chi connectivity index (χ0n) is 35.3. The molecule has 4 aromatic heterocycles. The van der Waals surface area contributed by atoms with Gasteiger partial charge in [-0.25, -0.2) is 13.8 Å². The number of nitrogens with one attached hydrogen (secondary N) is 1. The van der Waals surface area contributed by atoms with Crippen LogP contribution in [0.4, 0.5) is 32.3 Å². The van der Waals surface area contributed by atoms with E-state index >= 15 is 0 Å². The number of piperidine rings is 1. The average Bonchev–Trinajstić information content (AvgIpc) is 4.03. The first-order valence-corrected chi connectivity index (χ1v) is 21.9. The van der Waals surface area contributed by atoms with Crippen LogP contribution in [-0.4, -0.2) is 125 Å². The third-order valence-electron chi connectivity index (χ3n) is 11.7. The number of halogens is 3. The van der Waals surface area contributed by atoms with Gasteiger partial charge in [-0.05, 0) is 89.3 Å². The number of carbonyl (C=O) groups is 1. The van der Waals surface area contributed by atoms with Crippen molar-refractivity contribution in [1.82, 2.24) is 49.3 Å². The highest BCUT2D eigenvalue weighted by atomic mass is 79.9. The van der Waals surface area contributed by atoms with Gasteiger partial charge in [0.15, 0.2) is 17.3 Å². The summed E-state index contributed by atoms with van der Waals surface area (Å²) >= 11 is 3.60. The van der Waals surface area contributed by atoms with Gasteiger partial charge in [-0.15, -0.1) is 4.68 Å². The first-order valence-electron chi connectivity index (χ1n) is 21.1. The SMILES string of the molecule is C=C(CN(Cc1nc2c(F)c(F)ccc2[nH]1)c1nc(N2CCN(C)CC2)nc2c(Br)cnn12)C(=O)N1CCCC(/C=[N+]2/N=C(c3ccc(Oc4ccccc4)cc3)c3c(N)ncnc32)C1. The number of benzene rings is 3. The number of aromatic nitrogens is 8. The van der Waals surface area contributed by atoms with Crippen molar-refractivity contribution >= 4 is 74.0 Å². The molecule has 20 heteroatoms. The van der Waals surface area contributed by atoms with Crippen molar-refractivity contribution in [1.29, 1.82) is 0 Å². The Morgan fingerprint density at radius 1 is 1.02 bits per heavy atom. The zero-order valence-corrected chi connectivity index (χ0v) is 36.9. The number of imidazole rings is 1. The van der Waals surface area contributed by atoms with Crippen molar-refractivity contribution in [2.24, 2.45) is 11.0 Å². The van der Waals surface area contributed by atoms with E-state index in [1.807, 2.05) is 60.8 Å². The predicted octanol–water partition coefficient (Wildman–Crippen LogP) is 5.94. The van der Waals surface area contributed by atoms with Crippen LogP contribution in [0.2, 0.25) is 0 Å². The number of likely N-dealkylation sites (N-methyl/N-ethyl adjacent to an activating group) is 1. The lowest BCUT2D eigenvalue weighted by Gasteiger charge is -2.34. The second kappa shape index (κ2) is 17.4. The summed E-state index contributed by atoms with van der Waals surface area (Å²) in [5.41, 5.74) is 9.50. The number of amides is 1. The van der Waals surface area contributed by atoms with E-state index in [0.29, 0.717) is 88.2 Å². The first kappa shape index (κ1) is 41.8. The highest BCUT2D eigenvalue weighted by Gasteiger charge is 2.35. The fourth-order valence-corrected chi connectivity index (χ4v) is 8.69. The number of H-pyrrole nitrogens is 1. The Kier molecular flexibility index (Phi) is 11.2. The Bertz CT molecular complexity index is 3020. The molecule has 65 heavy (non-hydrogen) atoms. The van der Waals surface area contributed by atoms with E-state index in [1.54, 1.807) is 25.2 Å². The lowest BCUT2D eigenvalue weighted by atomic mass is 9.98. The van der Waals surface area contributed by atoms with E-state index in [1.165, 1.54) is 12.4 Å². The molecule has 7 heterocycles. The number of nitrogen functional groups attached to an aromatic ring is 1. The standard InChI is InChI=1S/C45H43BrF2N15O2/c1-27(22-61(25-35-53-34-15-14-33(47)37(48)39(34)54-35)45-56-44(59-19-17-58(2)18-20-59)55-41-32(46)21-52-63(41)45)43(64)60-16-6-7-28(23-60)24-62-42-36(40(49)50-26-51-42)38(57-62)29-10-12-31(13-11-29)65-30-8-4-3-5-9-30/h3-5,8-15,21,24,26,28H,1,6-7,16-20,22-23,25H2,2H3,(H,53,54)(H2,49,50,51)/q+1/b62-24+. The molecule has 3 aliphatic heterocycles. The number of hydrogen-bond acceptors (Lipinski definition) is 13. The lowest BCUT2D eigenvalue weighted by Crippen LogP contribution is -2.45. The molecular weight excluding hydrogens is 900 g/mol. The number of carbonyl (C=O) groups excluding carboxylic acids is 1. The quantitative estimate of drug-likeness (QED) is 0.115. The van der Waals surface area contributed by atoms with Crippen LogP contribution in [0.15, 0.2) is 101 Å². The highest BCUT2D eigenvalue weighted by molar-refractivity contribution is 9.10. The predicted molar refractivity (Wildman–Crippen MR) is 245 cm³/mol. The number of anilines is 3. The summed E-state index contributed by atoms with van der Waals surface area (Å²) in [6, 6.07) is 19.6. The van der Waals surface area contributed by atoms with Gasteiger partial charge in [-0.2, -0.15) is 24.6 Å². The Labute approximate surface area is 379 Å². The van der Waals surface area contributed by atoms with E-state index in [2.05, 4.69) is 64.4 Å². The van der Waals surface area contributed by atoms with Crippen LogP contribution in [0.1, 0.15) is 29.8 Å². The lowest BCUT2D eigenvalue weighted by molar-refractivity contribution is -0.442. The van der Waals surface area contributed by atoms with E-state index in [0.717, 1.165) is 43.3 Å². The second-order valence-corrected chi connectivity index (χ2v) is 17.1. The number of hydrogen-bond donors (Lipinski definition) is 2. The van der Waals surface area contributed by atoms with E-state index in [4.69, 9.17) is 25.5 Å². The van der Waals surface area contributed by atoms with Crippen molar-refractivity contribution in [2.75, 3.05) is 68.4 Å². The minimum atomic E-state index is -1.05. The Morgan fingerprint density at radius 2 is 1.80 bits per heavy atom. The van der Waals surface area contributed by atoms with Crippen LogP contribution in [0.5, 0.6) is 11.5 Å². The number of ether oxygens (including phenoxy) is 1. The molecule has 0 aliphatic carbocycles. The molecule has 330 valence electrons. The Balaban J connectivity index is 0.919. The average molecular weight is 944 g/mol. The fourth-order valence-electron chi connectivity index (χ4n) is 8.34. The summed E-state index contributed by atoms with van der Waals surface area (Å²) in [4.78, 5) is 48.7. The molecule has 7 aromatic rings. The van der Waals surface area contributed by atoms with Gasteiger partial charge in [0.25, 0.3) is 5.91 Å². The summed E-state index contributed by atoms with van der Waals surface area (Å²) in [6.07, 6.45) is 6.57. The van der Waals surface area contributed by atoms with E-state index < -0.39 is 11.6 Å². The Morgan fingerprint density at radius 3 is 2.60 bits per heavy atom. The smallest absolute Gasteiger partial charge is 0.363 e. The molecule has 2 saturated heterocycles. The topological polar surface area (TPSA) is 178 Å². The van der Waals surface area contributed by atoms with Gasteiger partial charge in [0.05, 0.1) is 29.3 Å². The van der Waals surface area contributed by atoms with Crippen molar-refractivity contribution in [2.45, 2.75) is 19.4 Å². The molecule has 3 N–H and O–H groups in total. The first-order chi connectivity index (χ1) is 31.6. The largest absolute Gasteiger partial charge is 0.457 e. The third kappa shape index (κ3) is 8.37. The van der Waals surface area contributed by atoms with Gasteiger partial charge in [-0.1, -0.05) is 29.9 Å². The second-order valence-electron chi connectivity index (χ2n) is 16.2. The number of fused-ring (bicyclic) bond motifs is 3. The molecule has 0 spiro atoms. The maximum atomic E-state index is 14.9. The number of hydrazone groups is 1. The number of likely N-dealkylation sites (tertiary alicyclic amines) is 1. The number of nitrogens with zero attached hydrogens (tertiary/aromatic N) is 13. The number of rotatable bonds is 11. The van der Waals surface area contributed by atoms with Crippen LogP contribution in [0, 0.1) is 17.6 Å². The van der Waals surface area contributed by atoms with Crippen LogP contribution >= 0.6 is 15.9 Å². The highest BCUT2D eigenvalue weighted by Crippen LogP contribution is 2.33. The van der Waals surface area contributed by atoms with Crippen molar-refractivity contribution in [3.8, 4) is 11.5 Å². The molecular formula is C45H43BrF2N15O2+. The summed E-state index contributed by atoms with van der Waals surface area (Å²) < 4.78 is 39.1. The Hall–Kier alpha value is -7.19. The van der Waals surface area contributed by atoms with Gasteiger partial charge >= 0.3 is 5.82 Å². The molecule has 1 unspecified atom stereocenters. The molecule has 2 fully saturated rings. The minimum Gasteiger partial charge on any atom is -0.457 e. The summed E-state index contributed by atoms with van der Waals surface area (Å²) in [5.74, 6) is 1.04. The van der Waals surface area contributed by atoms with Gasteiger partial charge in [-0.3, -0.25) is 4.79 Å². The minimum absolute atomic E-state index is 0.00189. The zero-order chi connectivity index (χ0) is 44.8. The van der Waals surface area contributed by atoms with Gasteiger partial charge < -0.3 is 35.1 Å². The number of para-hydroxylation sites is 1. The van der Waals surface area contributed by atoms with Crippen LogP contribution < -0.4 is 20.3 Å². The van der Waals surface area contributed by atoms with Gasteiger partial charge in [0, 0.05) is 56.3 Å². The molecule has 1 amide bonds. The van der Waals surface area contributed by atoms with Crippen molar-refractivity contribution in [3.63, 3.8) is 0 Å². The molecule has 0 radical (unpaired) electrons. The molecule has 17 nitrogen and oxygen atoms in total. The van der Waals surface area contributed by atoms with E-state index in [-0.39, 0.29) is 36.0 Å². The molecule has 0 saturated carbocycles. The van der Waals surface area contributed by atoms with E-state index in [9.17, 15) is 13.6 Å². The normalized spacial score (nSPS) is 17.2. The monoisotopic (exact) mass is 942 g/mol. The van der Waals surface area contributed by atoms with Crippen molar-refractivity contribution in [3.05, 3.63) is 124 Å². The fraction of sp³-hybridized carbons (Fsp3) is 0.267. The number of nitrogens with two attached hydrogens (primary N) is 1. The maximum Gasteiger partial charge on any atom is 0.363 e. The van der Waals surface area contributed by atoms with Crippen LogP contribution in [0.25, 0.3) is 16.7 Å². The van der Waals surface area contributed by atoms with Gasteiger partial charge in [0.2, 0.25) is 18.2 Å². The van der Waals surface area contributed by atoms with Gasteiger partial charge in [0.1, 0.15) is 46.1 Å². The van der Waals surface area contributed by atoms with Crippen molar-refractivity contribution < 1.29 is 23.0 Å². The number of piperazine rings is 1. The maximum absolute atomic E-state index is 14.9. The number of aromatic amines is 1. The molecule has 10 rings (SSSR count). The summed E-state index contributed by atoms with van der Waals surface area (Å²) in [7, 11) is 2.07. The van der Waals surface area contributed by atoms with Crippen LogP contribution in [-0.2, 0) is 11.3 Å². The molecule has 1 atom stereocenters. The third-order valence-corrected chi connectivity index (χ3v) is 12.3. The summed E-state index contributed by atoms with van der Waals surface area (Å²) in [5, 5.41) is 9.55. The molecule has 3 aromatic carbocycles. The summed E-state index contributed by atoms with van der Waals surface area (Å²) in [6.45, 7) is 8.30. The van der Waals surface area contributed by atoms with Crippen LogP contribution in [0.3, 0.4) is 0 Å². The molecule has 3 aliphatic rings. The molecule has 0 bridgehead atoms.